The number of pyridine rings is 2. The maximum Gasteiger partial charge on any atom is 0.145 e. The van der Waals surface area contributed by atoms with Crippen molar-refractivity contribution < 1.29 is 0 Å². The lowest BCUT2D eigenvalue weighted by Crippen LogP contribution is -1.97. The minimum atomic E-state index is 0.865. The molecule has 3 aromatic heterocycles. The van der Waals surface area contributed by atoms with Crippen molar-refractivity contribution in [3.05, 3.63) is 186 Å². The fourth-order valence-corrected chi connectivity index (χ4v) is 5.44. The predicted octanol–water partition coefficient (Wildman–Crippen LogP) is 9.07. The zero-order valence-corrected chi connectivity index (χ0v) is 22.4. The van der Waals surface area contributed by atoms with Crippen LogP contribution in [0.5, 0.6) is 0 Å². The summed E-state index contributed by atoms with van der Waals surface area (Å²) < 4.78 is 2.15. The van der Waals surface area contributed by atoms with E-state index in [0.29, 0.717) is 0 Å². The van der Waals surface area contributed by atoms with E-state index in [2.05, 4.69) is 137 Å². The Balaban J connectivity index is 1.42. The number of hydrogen-bond acceptors (Lipinski definition) is 2. The smallest absolute Gasteiger partial charge is 0.145 e. The quantitative estimate of drug-likeness (QED) is 0.203. The van der Waals surface area contributed by atoms with Crippen LogP contribution in [0, 0.1) is 0 Å². The third-order valence-corrected chi connectivity index (χ3v) is 7.33. The van der Waals surface area contributed by atoms with Gasteiger partial charge in [-0.05, 0) is 57.7 Å². The molecule has 3 heteroatoms. The summed E-state index contributed by atoms with van der Waals surface area (Å²) in [6, 6.07) is 52.9. The molecule has 0 radical (unpaired) electrons. The van der Waals surface area contributed by atoms with E-state index >= 15 is 0 Å². The second kappa shape index (κ2) is 10.9. The summed E-state index contributed by atoms with van der Waals surface area (Å²) in [6.07, 6.45) is 3.88. The van der Waals surface area contributed by atoms with Gasteiger partial charge in [-0.25, -0.2) is 4.98 Å². The Morgan fingerprint density at radius 3 is 1.51 bits per heavy atom. The zero-order chi connectivity index (χ0) is 27.4. The Hall–Kier alpha value is -5.54. The molecule has 194 valence electrons. The van der Waals surface area contributed by atoms with Crippen LogP contribution in [-0.4, -0.2) is 14.4 Å². The normalized spacial score (nSPS) is 10.9. The Kier molecular flexibility index (Phi) is 6.52. The fraction of sp³-hybridized carbons (Fsp3) is 0. The van der Waals surface area contributed by atoms with Crippen molar-refractivity contribution in [2.45, 2.75) is 0 Å². The van der Waals surface area contributed by atoms with Gasteiger partial charge in [-0.15, -0.1) is 0 Å². The van der Waals surface area contributed by atoms with E-state index in [0.717, 1.165) is 33.9 Å². The molecule has 0 fully saturated rings. The molecule has 0 aliphatic carbocycles. The maximum atomic E-state index is 5.08. The Morgan fingerprint density at radius 1 is 0.463 bits per heavy atom. The molecule has 0 spiro atoms. The van der Waals surface area contributed by atoms with Gasteiger partial charge in [0, 0.05) is 18.0 Å². The van der Waals surface area contributed by atoms with Gasteiger partial charge in [-0.2, -0.15) is 0 Å². The van der Waals surface area contributed by atoms with Crippen LogP contribution in [0.15, 0.2) is 164 Å². The summed E-state index contributed by atoms with van der Waals surface area (Å²) in [4.78, 5) is 9.65. The molecule has 3 heterocycles. The summed E-state index contributed by atoms with van der Waals surface area (Å²) in [6.45, 7) is 0. The SMILES string of the molecule is c1ccc(C(=C(c2ccccc2)c2ccc(-c3nc(-c4ccccn4)c4ccccn34)cc2)c2ccccc2)cc1. The van der Waals surface area contributed by atoms with Crippen LogP contribution >= 0.6 is 0 Å². The minimum Gasteiger partial charge on any atom is -0.299 e. The van der Waals surface area contributed by atoms with E-state index in [-0.39, 0.29) is 0 Å². The molecule has 4 aromatic carbocycles. The number of benzene rings is 4. The zero-order valence-electron chi connectivity index (χ0n) is 22.4. The van der Waals surface area contributed by atoms with Crippen molar-refractivity contribution in [2.24, 2.45) is 0 Å². The average Bonchev–Trinajstić information content (AvgIpc) is 3.45. The average molecular weight is 526 g/mol. The van der Waals surface area contributed by atoms with Crippen molar-refractivity contribution in [1.82, 2.24) is 14.4 Å². The Bertz CT molecular complexity index is 1900. The highest BCUT2D eigenvalue weighted by molar-refractivity contribution is 6.04. The van der Waals surface area contributed by atoms with Crippen molar-refractivity contribution in [3.8, 4) is 22.8 Å². The summed E-state index contributed by atoms with van der Waals surface area (Å²) in [5.41, 5.74) is 10.9. The van der Waals surface area contributed by atoms with Crippen LogP contribution in [0.25, 0.3) is 39.4 Å². The van der Waals surface area contributed by atoms with Gasteiger partial charge < -0.3 is 0 Å². The van der Waals surface area contributed by atoms with Crippen molar-refractivity contribution in [1.29, 1.82) is 0 Å². The highest BCUT2D eigenvalue weighted by atomic mass is 15.0. The van der Waals surface area contributed by atoms with Crippen LogP contribution in [0.1, 0.15) is 22.3 Å². The van der Waals surface area contributed by atoms with Gasteiger partial charge in [0.25, 0.3) is 0 Å². The monoisotopic (exact) mass is 525 g/mol. The van der Waals surface area contributed by atoms with Gasteiger partial charge in [0.1, 0.15) is 11.5 Å². The number of hydrogen-bond donors (Lipinski definition) is 0. The second-order valence-electron chi connectivity index (χ2n) is 9.88. The topological polar surface area (TPSA) is 30.2 Å². The summed E-state index contributed by atoms with van der Waals surface area (Å²) in [5, 5.41) is 0. The third kappa shape index (κ3) is 4.75. The number of fused-ring (bicyclic) bond motifs is 1. The maximum absolute atomic E-state index is 5.08. The first-order valence-electron chi connectivity index (χ1n) is 13.8. The second-order valence-corrected chi connectivity index (χ2v) is 9.88. The van der Waals surface area contributed by atoms with Gasteiger partial charge >= 0.3 is 0 Å². The summed E-state index contributed by atoms with van der Waals surface area (Å²) >= 11 is 0. The lowest BCUT2D eigenvalue weighted by Gasteiger charge is -2.18. The van der Waals surface area contributed by atoms with Crippen LogP contribution < -0.4 is 0 Å². The van der Waals surface area contributed by atoms with Gasteiger partial charge in [0.2, 0.25) is 0 Å². The molecule has 0 aliphatic rings. The van der Waals surface area contributed by atoms with Gasteiger partial charge in [0.15, 0.2) is 0 Å². The first-order valence-corrected chi connectivity index (χ1v) is 13.8. The molecule has 0 bridgehead atoms. The Morgan fingerprint density at radius 2 is 0.976 bits per heavy atom. The molecular weight excluding hydrogens is 498 g/mol. The molecule has 0 atom stereocenters. The summed E-state index contributed by atoms with van der Waals surface area (Å²) in [5.74, 6) is 0.893. The van der Waals surface area contributed by atoms with Crippen LogP contribution in [0.4, 0.5) is 0 Å². The number of aromatic nitrogens is 3. The molecule has 0 unspecified atom stereocenters. The lowest BCUT2D eigenvalue weighted by molar-refractivity contribution is 1.16. The molecule has 0 amide bonds. The Labute approximate surface area is 239 Å². The van der Waals surface area contributed by atoms with E-state index in [4.69, 9.17) is 4.98 Å². The molecule has 3 nitrogen and oxygen atoms in total. The molecule has 7 aromatic rings. The lowest BCUT2D eigenvalue weighted by atomic mass is 9.85. The standard InChI is InChI=1S/C38H27N3/c1-4-14-28(15-5-1)35(29-16-6-2-7-17-29)36(30-18-8-3-9-19-30)31-22-24-32(25-23-31)38-40-37(33-20-10-12-26-39-33)34-21-11-13-27-41(34)38/h1-27H. The van der Waals surface area contributed by atoms with Crippen molar-refractivity contribution in [3.63, 3.8) is 0 Å². The number of rotatable bonds is 6. The van der Waals surface area contributed by atoms with E-state index in [1.165, 1.54) is 27.8 Å². The fourth-order valence-electron chi connectivity index (χ4n) is 5.44. The van der Waals surface area contributed by atoms with Crippen molar-refractivity contribution in [2.75, 3.05) is 0 Å². The van der Waals surface area contributed by atoms with Gasteiger partial charge in [-0.1, -0.05) is 127 Å². The van der Waals surface area contributed by atoms with E-state index in [1.807, 2.05) is 36.5 Å². The highest BCUT2D eigenvalue weighted by Gasteiger charge is 2.18. The number of nitrogens with zero attached hydrogens (tertiary/aromatic N) is 3. The molecular formula is C38H27N3. The molecule has 0 aliphatic heterocycles. The molecule has 0 saturated carbocycles. The third-order valence-electron chi connectivity index (χ3n) is 7.33. The molecule has 0 saturated heterocycles. The molecule has 7 rings (SSSR count). The highest BCUT2D eigenvalue weighted by Crippen LogP contribution is 2.37. The van der Waals surface area contributed by atoms with Crippen LogP contribution in [-0.2, 0) is 0 Å². The predicted molar refractivity (Wildman–Crippen MR) is 168 cm³/mol. The largest absolute Gasteiger partial charge is 0.299 e. The minimum absolute atomic E-state index is 0.865. The van der Waals surface area contributed by atoms with Gasteiger partial charge in [0.05, 0.1) is 11.2 Å². The van der Waals surface area contributed by atoms with E-state index in [9.17, 15) is 0 Å². The first kappa shape index (κ1) is 24.5. The molecule has 41 heavy (non-hydrogen) atoms. The van der Waals surface area contributed by atoms with Gasteiger partial charge in [-0.3, -0.25) is 9.38 Å². The number of imidazole rings is 1. The van der Waals surface area contributed by atoms with E-state index in [1.54, 1.807) is 0 Å². The molecule has 0 N–H and O–H groups in total. The first-order chi connectivity index (χ1) is 20.4. The van der Waals surface area contributed by atoms with Crippen LogP contribution in [0.2, 0.25) is 0 Å². The van der Waals surface area contributed by atoms with Crippen LogP contribution in [0.3, 0.4) is 0 Å². The van der Waals surface area contributed by atoms with Crippen molar-refractivity contribution >= 4 is 16.7 Å². The van der Waals surface area contributed by atoms with E-state index < -0.39 is 0 Å². The summed E-state index contributed by atoms with van der Waals surface area (Å²) in [7, 11) is 0.